The summed E-state index contributed by atoms with van der Waals surface area (Å²) in [6.45, 7) is 1.62. The summed E-state index contributed by atoms with van der Waals surface area (Å²) < 4.78 is 5.72. The highest BCUT2D eigenvalue weighted by Gasteiger charge is 2.55. The first-order chi connectivity index (χ1) is 15.6. The number of hydrogen-bond donors (Lipinski definition) is 1. The van der Waals surface area contributed by atoms with Gasteiger partial charge in [0.25, 0.3) is 0 Å². The van der Waals surface area contributed by atoms with E-state index in [2.05, 4.69) is 15.9 Å². The zero-order valence-corrected chi connectivity index (χ0v) is 19.9. The number of likely N-dealkylation sites (tertiary alicyclic amines) is 1. The van der Waals surface area contributed by atoms with Gasteiger partial charge in [-0.1, -0.05) is 11.6 Å². The highest BCUT2D eigenvalue weighted by Crippen LogP contribution is 2.55. The fourth-order valence-electron chi connectivity index (χ4n) is 5.81. The highest BCUT2D eigenvalue weighted by atomic mass is 79.9. The van der Waals surface area contributed by atoms with E-state index >= 15 is 0 Å². The molecule has 0 aromatic heterocycles. The molecule has 0 radical (unpaired) electrons. The summed E-state index contributed by atoms with van der Waals surface area (Å²) in [6.07, 6.45) is 3.96. The lowest BCUT2D eigenvalue weighted by molar-refractivity contribution is -0.138. The molecule has 5 rings (SSSR count). The summed E-state index contributed by atoms with van der Waals surface area (Å²) in [5.74, 6) is -2.68. The fraction of sp³-hybridized carbons (Fsp3) is 0.360. The van der Waals surface area contributed by atoms with Gasteiger partial charge in [0.1, 0.15) is 0 Å². The number of nitrogens with zero attached hydrogens (tertiary/aromatic N) is 1. The van der Waals surface area contributed by atoms with Gasteiger partial charge in [0, 0.05) is 29.7 Å². The van der Waals surface area contributed by atoms with Crippen LogP contribution in [0.5, 0.6) is 11.5 Å². The smallest absolute Gasteiger partial charge is 0.233 e. The summed E-state index contributed by atoms with van der Waals surface area (Å²) >= 11 is 3.36. The first kappa shape index (κ1) is 21.8. The lowest BCUT2D eigenvalue weighted by Crippen LogP contribution is -2.39. The van der Waals surface area contributed by atoms with Gasteiger partial charge in [-0.3, -0.25) is 24.1 Å². The van der Waals surface area contributed by atoms with Crippen molar-refractivity contribution in [2.24, 2.45) is 17.8 Å². The summed E-state index contributed by atoms with van der Waals surface area (Å²) in [4.78, 5) is 53.3. The van der Waals surface area contributed by atoms with Crippen molar-refractivity contribution in [3.63, 3.8) is 0 Å². The summed E-state index contributed by atoms with van der Waals surface area (Å²) in [7, 11) is 2.93. The number of carbonyl (C=O) groups is 4. The topological polar surface area (TPSA) is 101 Å². The van der Waals surface area contributed by atoms with E-state index < -0.39 is 17.8 Å². The Labute approximate surface area is 198 Å². The Hall–Kier alpha value is -3.00. The van der Waals surface area contributed by atoms with Crippen molar-refractivity contribution in [3.8, 4) is 11.5 Å². The van der Waals surface area contributed by atoms with Crippen LogP contribution in [0.1, 0.15) is 31.2 Å². The van der Waals surface area contributed by atoms with E-state index in [1.807, 2.05) is 6.08 Å². The number of phenols is 1. The zero-order valence-electron chi connectivity index (χ0n) is 18.3. The normalized spacial score (nSPS) is 28.9. The standard InChI is InChI=1S/C25H22BrNO6/c1-10-6-17(28)15-9-14-12(4-5-13-20(14)25(32)27(2)24(13)31)19(21(15)22(10)29)11-7-16(26)23(30)18(8-11)33-3/h4,6-8,13-14,19-20,30H,5,9H2,1-3H3/t13-,14+,19-,20-/m0/s1. The number of phenolic OH excluding ortho intramolecular Hbond substituents is 1. The van der Waals surface area contributed by atoms with E-state index in [-0.39, 0.29) is 47.2 Å². The molecule has 170 valence electrons. The Morgan fingerprint density at radius 1 is 1.12 bits per heavy atom. The molecule has 3 aliphatic carbocycles. The molecule has 0 saturated carbocycles. The minimum atomic E-state index is -0.584. The predicted molar refractivity (Wildman–Crippen MR) is 121 cm³/mol. The van der Waals surface area contributed by atoms with Gasteiger partial charge in [-0.2, -0.15) is 0 Å². The molecule has 4 aliphatic rings. The largest absolute Gasteiger partial charge is 0.503 e. The molecule has 0 unspecified atom stereocenters. The van der Waals surface area contributed by atoms with E-state index in [4.69, 9.17) is 4.74 Å². The molecular weight excluding hydrogens is 490 g/mol. The van der Waals surface area contributed by atoms with Gasteiger partial charge < -0.3 is 9.84 Å². The van der Waals surface area contributed by atoms with Crippen LogP contribution in [0.4, 0.5) is 0 Å². The second-order valence-electron chi connectivity index (χ2n) is 9.02. The van der Waals surface area contributed by atoms with Crippen molar-refractivity contribution >= 4 is 39.3 Å². The van der Waals surface area contributed by atoms with Gasteiger partial charge in [0.05, 0.1) is 23.4 Å². The van der Waals surface area contributed by atoms with E-state index in [1.165, 1.54) is 25.1 Å². The Balaban J connectivity index is 1.74. The summed E-state index contributed by atoms with van der Waals surface area (Å²) in [5.41, 5.74) is 2.71. The zero-order chi connectivity index (χ0) is 23.8. The third-order valence-electron chi connectivity index (χ3n) is 7.39. The van der Waals surface area contributed by atoms with Crippen molar-refractivity contribution < 1.29 is 29.0 Å². The minimum absolute atomic E-state index is 0.0687. The molecule has 2 amide bonds. The van der Waals surface area contributed by atoms with Crippen LogP contribution in [0.25, 0.3) is 0 Å². The van der Waals surface area contributed by atoms with Crippen LogP contribution in [-0.2, 0) is 19.2 Å². The number of amides is 2. The second-order valence-corrected chi connectivity index (χ2v) is 9.87. The molecule has 1 N–H and O–H groups in total. The number of aromatic hydroxyl groups is 1. The molecule has 1 fully saturated rings. The van der Waals surface area contributed by atoms with Crippen LogP contribution in [0.15, 0.2) is 51.0 Å². The number of benzene rings is 1. The average Bonchev–Trinajstić information content (AvgIpc) is 3.02. The average molecular weight is 512 g/mol. The molecule has 1 aromatic rings. The molecule has 4 atom stereocenters. The maximum Gasteiger partial charge on any atom is 0.233 e. The van der Waals surface area contributed by atoms with Crippen molar-refractivity contribution in [1.29, 1.82) is 0 Å². The Bertz CT molecular complexity index is 1260. The molecule has 7 nitrogen and oxygen atoms in total. The number of ether oxygens (including phenoxy) is 1. The van der Waals surface area contributed by atoms with Gasteiger partial charge in [-0.25, -0.2) is 0 Å². The molecule has 0 bridgehead atoms. The van der Waals surface area contributed by atoms with Gasteiger partial charge in [-0.15, -0.1) is 0 Å². The molecular formula is C25H22BrNO6. The van der Waals surface area contributed by atoms with Crippen molar-refractivity contribution in [2.75, 3.05) is 14.2 Å². The van der Waals surface area contributed by atoms with Crippen LogP contribution in [0.2, 0.25) is 0 Å². The molecule has 1 aromatic carbocycles. The van der Waals surface area contributed by atoms with Crippen LogP contribution in [0, 0.1) is 17.8 Å². The second kappa shape index (κ2) is 7.52. The number of ketones is 2. The molecule has 1 aliphatic heterocycles. The van der Waals surface area contributed by atoms with Crippen LogP contribution in [-0.4, -0.2) is 47.5 Å². The van der Waals surface area contributed by atoms with Gasteiger partial charge in [0.15, 0.2) is 23.1 Å². The molecule has 8 heteroatoms. The molecule has 1 saturated heterocycles. The number of methoxy groups -OCH3 is 1. The van der Waals surface area contributed by atoms with E-state index in [9.17, 15) is 24.3 Å². The summed E-state index contributed by atoms with van der Waals surface area (Å²) in [5, 5.41) is 10.3. The van der Waals surface area contributed by atoms with Gasteiger partial charge in [0.2, 0.25) is 11.8 Å². The van der Waals surface area contributed by atoms with Crippen LogP contribution in [0.3, 0.4) is 0 Å². The first-order valence-corrected chi connectivity index (χ1v) is 11.5. The fourth-order valence-corrected chi connectivity index (χ4v) is 6.27. The number of Topliss-reactive ketones (excluding diaryl/α,β-unsaturated/α-hetero) is 1. The SMILES string of the molecule is COc1cc([C@H]2C3=CC[C@@H]4C(=O)N(C)C(=O)[C@@H]4[C@@H]3CC3=C2C(=O)C(C)=CC3=O)cc(Br)c1O. The highest BCUT2D eigenvalue weighted by molar-refractivity contribution is 9.10. The summed E-state index contributed by atoms with van der Waals surface area (Å²) in [6, 6.07) is 3.37. The number of halogens is 1. The molecule has 33 heavy (non-hydrogen) atoms. The lowest BCUT2D eigenvalue weighted by Gasteiger charge is -2.42. The maximum absolute atomic E-state index is 13.3. The number of fused-ring (bicyclic) bond motifs is 3. The minimum Gasteiger partial charge on any atom is -0.503 e. The Kier molecular flexibility index (Phi) is 4.97. The number of rotatable bonds is 2. The monoisotopic (exact) mass is 511 g/mol. The van der Waals surface area contributed by atoms with E-state index in [1.54, 1.807) is 19.1 Å². The Morgan fingerprint density at radius 2 is 1.85 bits per heavy atom. The van der Waals surface area contributed by atoms with Crippen molar-refractivity contribution in [1.82, 2.24) is 4.90 Å². The number of allylic oxidation sites excluding steroid dienone is 6. The quantitative estimate of drug-likeness (QED) is 0.371. The molecule has 1 heterocycles. The maximum atomic E-state index is 13.3. The van der Waals surface area contributed by atoms with Gasteiger partial charge >= 0.3 is 0 Å². The van der Waals surface area contributed by atoms with Crippen LogP contribution < -0.4 is 4.74 Å². The first-order valence-electron chi connectivity index (χ1n) is 10.7. The predicted octanol–water partition coefficient (Wildman–Crippen LogP) is 3.22. The van der Waals surface area contributed by atoms with Gasteiger partial charge in [-0.05, 0) is 65.4 Å². The lowest BCUT2D eigenvalue weighted by atomic mass is 9.59. The van der Waals surface area contributed by atoms with E-state index in [0.717, 1.165) is 5.57 Å². The number of imide groups is 1. The van der Waals surface area contributed by atoms with E-state index in [0.29, 0.717) is 33.2 Å². The van der Waals surface area contributed by atoms with Crippen molar-refractivity contribution in [2.45, 2.75) is 25.7 Å². The Morgan fingerprint density at radius 3 is 2.55 bits per heavy atom. The third kappa shape index (κ3) is 3.00. The third-order valence-corrected chi connectivity index (χ3v) is 7.99. The molecule has 0 spiro atoms. The number of carbonyl (C=O) groups excluding carboxylic acids is 4. The number of hydrogen-bond acceptors (Lipinski definition) is 6. The van der Waals surface area contributed by atoms with Crippen LogP contribution >= 0.6 is 15.9 Å². The van der Waals surface area contributed by atoms with Crippen molar-refractivity contribution in [3.05, 3.63) is 56.6 Å².